The first-order valence-corrected chi connectivity index (χ1v) is 9.74. The van der Waals surface area contributed by atoms with E-state index in [0.717, 1.165) is 61.5 Å². The SMILES string of the molecule is COc1cccc2ccc(CN3CCN(CC=C(C)C)C(CCO)C3)nc12. The van der Waals surface area contributed by atoms with Gasteiger partial charge in [-0.05, 0) is 32.4 Å². The molecule has 1 unspecified atom stereocenters. The molecule has 1 atom stereocenters. The van der Waals surface area contributed by atoms with E-state index in [9.17, 15) is 5.11 Å². The molecule has 0 radical (unpaired) electrons. The molecule has 0 spiro atoms. The summed E-state index contributed by atoms with van der Waals surface area (Å²) in [6.07, 6.45) is 3.09. The van der Waals surface area contributed by atoms with Crippen LogP contribution in [0.5, 0.6) is 5.75 Å². The maximum atomic E-state index is 9.48. The Bertz CT molecular complexity index is 786. The van der Waals surface area contributed by atoms with Crippen LogP contribution in [0.25, 0.3) is 10.9 Å². The molecule has 1 aromatic carbocycles. The van der Waals surface area contributed by atoms with Crippen LogP contribution >= 0.6 is 0 Å². The Balaban J connectivity index is 1.70. The number of benzene rings is 1. The first-order chi connectivity index (χ1) is 13.1. The summed E-state index contributed by atoms with van der Waals surface area (Å²) in [5.41, 5.74) is 3.33. The largest absolute Gasteiger partial charge is 0.494 e. The van der Waals surface area contributed by atoms with Gasteiger partial charge in [-0.1, -0.05) is 29.8 Å². The van der Waals surface area contributed by atoms with Crippen molar-refractivity contribution >= 4 is 10.9 Å². The average molecular weight is 370 g/mol. The summed E-state index contributed by atoms with van der Waals surface area (Å²) in [6.45, 7) is 9.29. The number of pyridine rings is 1. The van der Waals surface area contributed by atoms with Crippen LogP contribution in [0.4, 0.5) is 0 Å². The van der Waals surface area contributed by atoms with E-state index in [2.05, 4.69) is 47.9 Å². The van der Waals surface area contributed by atoms with Crippen molar-refractivity contribution in [2.75, 3.05) is 39.9 Å². The number of aliphatic hydroxyl groups excluding tert-OH is 1. The fourth-order valence-electron chi connectivity index (χ4n) is 3.71. The lowest BCUT2D eigenvalue weighted by molar-refractivity contribution is 0.0631. The van der Waals surface area contributed by atoms with Crippen LogP contribution in [0.2, 0.25) is 0 Å². The molecular weight excluding hydrogens is 338 g/mol. The van der Waals surface area contributed by atoms with Gasteiger partial charge in [0.25, 0.3) is 0 Å². The van der Waals surface area contributed by atoms with Gasteiger partial charge >= 0.3 is 0 Å². The van der Waals surface area contributed by atoms with Gasteiger partial charge < -0.3 is 9.84 Å². The number of para-hydroxylation sites is 1. The number of nitrogens with zero attached hydrogens (tertiary/aromatic N) is 3. The van der Waals surface area contributed by atoms with Crippen molar-refractivity contribution in [1.29, 1.82) is 0 Å². The Morgan fingerprint density at radius 3 is 2.85 bits per heavy atom. The second-order valence-electron chi connectivity index (χ2n) is 7.51. The quantitative estimate of drug-likeness (QED) is 0.760. The third-order valence-corrected chi connectivity index (χ3v) is 5.23. The first-order valence-electron chi connectivity index (χ1n) is 9.74. The van der Waals surface area contributed by atoms with E-state index in [1.807, 2.05) is 12.1 Å². The predicted octanol–water partition coefficient (Wildman–Crippen LogP) is 3.08. The molecule has 3 rings (SSSR count). The number of aliphatic hydroxyl groups is 1. The van der Waals surface area contributed by atoms with E-state index < -0.39 is 0 Å². The molecule has 0 amide bonds. The molecule has 146 valence electrons. The van der Waals surface area contributed by atoms with Crippen molar-refractivity contribution in [3.8, 4) is 5.75 Å². The Hall–Kier alpha value is -1.95. The summed E-state index contributed by atoms with van der Waals surface area (Å²) in [6, 6.07) is 10.6. The van der Waals surface area contributed by atoms with Crippen LogP contribution in [0.15, 0.2) is 42.0 Å². The maximum absolute atomic E-state index is 9.48. The van der Waals surface area contributed by atoms with Gasteiger partial charge in [0.15, 0.2) is 0 Å². The summed E-state index contributed by atoms with van der Waals surface area (Å²) in [4.78, 5) is 9.78. The van der Waals surface area contributed by atoms with Gasteiger partial charge in [0.05, 0.1) is 12.8 Å². The summed E-state index contributed by atoms with van der Waals surface area (Å²) < 4.78 is 5.47. The van der Waals surface area contributed by atoms with Crippen LogP contribution in [0.3, 0.4) is 0 Å². The maximum Gasteiger partial charge on any atom is 0.145 e. The fraction of sp³-hybridized carbons (Fsp3) is 0.500. The molecule has 27 heavy (non-hydrogen) atoms. The van der Waals surface area contributed by atoms with Gasteiger partial charge in [-0.3, -0.25) is 9.80 Å². The molecule has 5 nitrogen and oxygen atoms in total. The van der Waals surface area contributed by atoms with Crippen LogP contribution < -0.4 is 4.74 Å². The predicted molar refractivity (Wildman–Crippen MR) is 110 cm³/mol. The molecule has 0 aliphatic carbocycles. The van der Waals surface area contributed by atoms with E-state index >= 15 is 0 Å². The van der Waals surface area contributed by atoms with Gasteiger partial charge in [-0.2, -0.15) is 0 Å². The molecule has 1 N–H and O–H groups in total. The number of aromatic nitrogens is 1. The number of hydrogen-bond donors (Lipinski definition) is 1. The molecule has 0 saturated carbocycles. The average Bonchev–Trinajstić information content (AvgIpc) is 2.67. The third kappa shape index (κ3) is 5.06. The number of methoxy groups -OCH3 is 1. The van der Waals surface area contributed by atoms with Gasteiger partial charge in [0.1, 0.15) is 11.3 Å². The minimum absolute atomic E-state index is 0.231. The molecule has 0 bridgehead atoms. The van der Waals surface area contributed by atoms with E-state index in [1.165, 1.54) is 5.57 Å². The fourth-order valence-corrected chi connectivity index (χ4v) is 3.71. The Labute approximate surface area is 162 Å². The van der Waals surface area contributed by atoms with Crippen molar-refractivity contribution in [2.24, 2.45) is 0 Å². The van der Waals surface area contributed by atoms with Gasteiger partial charge in [-0.25, -0.2) is 4.98 Å². The number of hydrogen-bond acceptors (Lipinski definition) is 5. The molecule has 1 aromatic heterocycles. The monoisotopic (exact) mass is 369 g/mol. The zero-order chi connectivity index (χ0) is 19.2. The van der Waals surface area contributed by atoms with Gasteiger partial charge in [-0.15, -0.1) is 0 Å². The standard InChI is InChI=1S/C22H31N3O2/c1-17(2)9-11-25-13-12-24(16-20(25)10-14-26)15-19-8-7-18-5-4-6-21(27-3)22(18)23-19/h4-9,20,26H,10-16H2,1-3H3. The second kappa shape index (κ2) is 9.31. The van der Waals surface area contributed by atoms with Gasteiger partial charge in [0, 0.05) is 50.8 Å². The van der Waals surface area contributed by atoms with Crippen LogP contribution in [0, 0.1) is 0 Å². The second-order valence-corrected chi connectivity index (χ2v) is 7.51. The summed E-state index contributed by atoms with van der Waals surface area (Å²) >= 11 is 0. The molecule has 5 heteroatoms. The summed E-state index contributed by atoms with van der Waals surface area (Å²) in [7, 11) is 1.69. The molecule has 2 heterocycles. The van der Waals surface area contributed by atoms with Crippen LogP contribution in [0.1, 0.15) is 26.0 Å². The minimum Gasteiger partial charge on any atom is -0.494 e. The number of piperazine rings is 1. The molecule has 1 fully saturated rings. The Kier molecular flexibility index (Phi) is 6.83. The highest BCUT2D eigenvalue weighted by atomic mass is 16.5. The van der Waals surface area contributed by atoms with Crippen molar-refractivity contribution in [1.82, 2.24) is 14.8 Å². The van der Waals surface area contributed by atoms with Crippen molar-refractivity contribution < 1.29 is 9.84 Å². The highest BCUT2D eigenvalue weighted by molar-refractivity contribution is 5.84. The lowest BCUT2D eigenvalue weighted by atomic mass is 10.1. The number of rotatable bonds is 7. The Morgan fingerprint density at radius 1 is 1.26 bits per heavy atom. The van der Waals surface area contributed by atoms with Crippen molar-refractivity contribution in [3.05, 3.63) is 47.7 Å². The summed E-state index contributed by atoms with van der Waals surface area (Å²) in [5, 5.41) is 10.6. The van der Waals surface area contributed by atoms with Crippen molar-refractivity contribution in [3.63, 3.8) is 0 Å². The minimum atomic E-state index is 0.231. The Morgan fingerprint density at radius 2 is 2.11 bits per heavy atom. The smallest absolute Gasteiger partial charge is 0.145 e. The van der Waals surface area contributed by atoms with Crippen LogP contribution in [-0.4, -0.2) is 65.8 Å². The zero-order valence-corrected chi connectivity index (χ0v) is 16.7. The zero-order valence-electron chi connectivity index (χ0n) is 16.7. The number of fused-ring (bicyclic) bond motifs is 1. The molecule has 1 aliphatic rings. The lowest BCUT2D eigenvalue weighted by Crippen LogP contribution is -2.53. The highest BCUT2D eigenvalue weighted by Crippen LogP contribution is 2.24. The number of ether oxygens (including phenoxy) is 1. The molecular formula is C22H31N3O2. The van der Waals surface area contributed by atoms with Crippen molar-refractivity contribution in [2.45, 2.75) is 32.9 Å². The topological polar surface area (TPSA) is 48.8 Å². The first kappa shape index (κ1) is 19.8. The lowest BCUT2D eigenvalue weighted by Gasteiger charge is -2.41. The van der Waals surface area contributed by atoms with E-state index in [0.29, 0.717) is 6.04 Å². The van der Waals surface area contributed by atoms with Crippen LogP contribution in [-0.2, 0) is 6.54 Å². The molecule has 1 saturated heterocycles. The molecule has 1 aliphatic heterocycles. The highest BCUT2D eigenvalue weighted by Gasteiger charge is 2.26. The molecule has 2 aromatic rings. The third-order valence-electron chi connectivity index (χ3n) is 5.23. The van der Waals surface area contributed by atoms with E-state index in [-0.39, 0.29) is 6.61 Å². The van der Waals surface area contributed by atoms with E-state index in [4.69, 9.17) is 9.72 Å². The van der Waals surface area contributed by atoms with E-state index in [1.54, 1.807) is 7.11 Å². The number of allylic oxidation sites excluding steroid dienone is 1. The normalized spacial score (nSPS) is 18.6. The summed E-state index contributed by atoms with van der Waals surface area (Å²) in [5.74, 6) is 0.819. The van der Waals surface area contributed by atoms with Gasteiger partial charge in [0.2, 0.25) is 0 Å².